The van der Waals surface area contributed by atoms with Gasteiger partial charge < -0.3 is 15.3 Å². The molecule has 5 nitrogen and oxygen atoms in total. The van der Waals surface area contributed by atoms with E-state index in [1.165, 1.54) is 17.0 Å². The Morgan fingerprint density at radius 3 is 2.36 bits per heavy atom. The number of anilines is 1. The number of likely N-dealkylation sites (tertiary alicyclic amines) is 1. The van der Waals surface area contributed by atoms with Crippen molar-refractivity contribution in [2.45, 2.75) is 24.9 Å². The molecule has 0 bridgehead atoms. The van der Waals surface area contributed by atoms with Crippen molar-refractivity contribution >= 4 is 17.7 Å². The Balaban J connectivity index is 1.63. The lowest BCUT2D eigenvalue weighted by Crippen LogP contribution is -2.40. The van der Waals surface area contributed by atoms with Gasteiger partial charge in [-0.05, 0) is 48.6 Å². The Morgan fingerprint density at radius 1 is 1.04 bits per heavy atom. The van der Waals surface area contributed by atoms with Gasteiger partial charge in [-0.25, -0.2) is 9.59 Å². The van der Waals surface area contributed by atoms with Gasteiger partial charge in [-0.15, -0.1) is 0 Å². The molecule has 8 heteroatoms. The maximum absolute atomic E-state index is 12.8. The number of benzene rings is 2. The van der Waals surface area contributed by atoms with E-state index < -0.39 is 23.7 Å². The number of hydrogen-bond donors (Lipinski definition) is 2. The number of hydrogen-bond acceptors (Lipinski definition) is 2. The second kappa shape index (κ2) is 7.92. The Hall–Kier alpha value is -3.03. The molecular formula is C20H19F3N2O3. The number of carboxylic acids is 1. The van der Waals surface area contributed by atoms with Crippen LogP contribution in [0.3, 0.4) is 0 Å². The van der Waals surface area contributed by atoms with Gasteiger partial charge in [0.25, 0.3) is 0 Å². The molecule has 1 aliphatic heterocycles. The van der Waals surface area contributed by atoms with E-state index in [0.29, 0.717) is 25.9 Å². The van der Waals surface area contributed by atoms with Gasteiger partial charge in [-0.2, -0.15) is 13.2 Å². The highest BCUT2D eigenvalue weighted by atomic mass is 19.4. The normalized spacial score (nSPS) is 15.3. The highest BCUT2D eigenvalue weighted by molar-refractivity contribution is 5.90. The number of aromatic carboxylic acids is 1. The number of amides is 2. The van der Waals surface area contributed by atoms with Crippen LogP contribution in [0.4, 0.5) is 23.7 Å². The van der Waals surface area contributed by atoms with E-state index in [-0.39, 0.29) is 17.2 Å². The molecule has 2 N–H and O–H groups in total. The van der Waals surface area contributed by atoms with Crippen LogP contribution in [-0.2, 0) is 6.18 Å². The Labute approximate surface area is 159 Å². The molecule has 28 heavy (non-hydrogen) atoms. The zero-order chi connectivity index (χ0) is 20.3. The molecule has 0 radical (unpaired) electrons. The topological polar surface area (TPSA) is 69.6 Å². The highest BCUT2D eigenvalue weighted by Crippen LogP contribution is 2.32. The standard InChI is InChI=1S/C20H19F3N2O3/c21-20(22,23)14-4-3-5-15(12-14)24-19(28)25-10-8-13(9-11-25)16-6-1-2-7-17(16)18(26)27/h1-7,12-13H,8-11H2,(H,24,28)(H,26,27). The number of nitrogens with zero attached hydrogens (tertiary/aromatic N) is 1. The fourth-order valence-corrected chi connectivity index (χ4v) is 3.42. The van der Waals surface area contributed by atoms with Gasteiger partial charge in [0.05, 0.1) is 11.1 Å². The Bertz CT molecular complexity index is 875. The lowest BCUT2D eigenvalue weighted by molar-refractivity contribution is -0.137. The van der Waals surface area contributed by atoms with Crippen molar-refractivity contribution in [2.75, 3.05) is 18.4 Å². The van der Waals surface area contributed by atoms with E-state index in [9.17, 15) is 27.9 Å². The quantitative estimate of drug-likeness (QED) is 0.787. The molecule has 3 rings (SSSR count). The molecule has 1 heterocycles. The Kier molecular flexibility index (Phi) is 5.58. The minimum Gasteiger partial charge on any atom is -0.478 e. The van der Waals surface area contributed by atoms with Crippen molar-refractivity contribution in [3.05, 3.63) is 65.2 Å². The molecule has 0 atom stereocenters. The predicted molar refractivity (Wildman–Crippen MR) is 97.4 cm³/mol. The van der Waals surface area contributed by atoms with Crippen molar-refractivity contribution in [3.63, 3.8) is 0 Å². The first-order valence-corrected chi connectivity index (χ1v) is 8.81. The number of carbonyl (C=O) groups is 2. The largest absolute Gasteiger partial charge is 0.478 e. The summed E-state index contributed by atoms with van der Waals surface area (Å²) in [5.41, 5.74) is 0.259. The molecule has 0 aliphatic carbocycles. The van der Waals surface area contributed by atoms with Crippen molar-refractivity contribution < 1.29 is 27.9 Å². The molecule has 0 aromatic heterocycles. The molecule has 2 aromatic carbocycles. The number of halogens is 3. The molecule has 1 fully saturated rings. The minimum atomic E-state index is -4.48. The fourth-order valence-electron chi connectivity index (χ4n) is 3.42. The van der Waals surface area contributed by atoms with Crippen LogP contribution in [0.2, 0.25) is 0 Å². The summed E-state index contributed by atoms with van der Waals surface area (Å²) in [5.74, 6) is -0.967. The molecular weight excluding hydrogens is 373 g/mol. The van der Waals surface area contributed by atoms with Crippen LogP contribution >= 0.6 is 0 Å². The van der Waals surface area contributed by atoms with Gasteiger partial charge >= 0.3 is 18.2 Å². The average Bonchev–Trinajstić information content (AvgIpc) is 2.67. The number of nitrogens with one attached hydrogen (secondary N) is 1. The summed E-state index contributed by atoms with van der Waals surface area (Å²) in [6, 6.07) is 10.8. The maximum atomic E-state index is 12.8. The van der Waals surface area contributed by atoms with Crippen LogP contribution in [-0.4, -0.2) is 35.1 Å². The van der Waals surface area contributed by atoms with E-state index in [4.69, 9.17) is 0 Å². The van der Waals surface area contributed by atoms with Crippen molar-refractivity contribution in [2.24, 2.45) is 0 Å². The predicted octanol–water partition coefficient (Wildman–Crippen LogP) is 4.82. The second-order valence-corrected chi connectivity index (χ2v) is 6.66. The maximum Gasteiger partial charge on any atom is 0.416 e. The Morgan fingerprint density at radius 2 is 1.71 bits per heavy atom. The number of carbonyl (C=O) groups excluding carboxylic acids is 1. The first kappa shape index (κ1) is 19.7. The van der Waals surface area contributed by atoms with E-state index >= 15 is 0 Å². The van der Waals surface area contributed by atoms with Crippen LogP contribution in [0.15, 0.2) is 48.5 Å². The van der Waals surface area contributed by atoms with E-state index in [0.717, 1.165) is 17.7 Å². The van der Waals surface area contributed by atoms with Gasteiger partial charge in [0, 0.05) is 18.8 Å². The second-order valence-electron chi connectivity index (χ2n) is 6.66. The summed E-state index contributed by atoms with van der Waals surface area (Å²) in [4.78, 5) is 25.3. The van der Waals surface area contributed by atoms with Crippen molar-refractivity contribution in [1.29, 1.82) is 0 Å². The minimum absolute atomic E-state index is 0.0184. The number of rotatable bonds is 3. The lowest BCUT2D eigenvalue weighted by Gasteiger charge is -2.32. The lowest BCUT2D eigenvalue weighted by atomic mass is 9.86. The molecule has 0 unspecified atom stereocenters. The van der Waals surface area contributed by atoms with Crippen molar-refractivity contribution in [3.8, 4) is 0 Å². The summed E-state index contributed by atoms with van der Waals surface area (Å²) < 4.78 is 38.4. The van der Waals surface area contributed by atoms with Crippen LogP contribution in [0, 0.1) is 0 Å². The third-order valence-electron chi connectivity index (χ3n) is 4.85. The molecule has 0 saturated carbocycles. The van der Waals surface area contributed by atoms with Gasteiger partial charge in [0.2, 0.25) is 0 Å². The van der Waals surface area contributed by atoms with Crippen LogP contribution in [0.25, 0.3) is 0 Å². The van der Waals surface area contributed by atoms with Gasteiger partial charge in [0.1, 0.15) is 0 Å². The summed E-state index contributed by atoms with van der Waals surface area (Å²) >= 11 is 0. The van der Waals surface area contributed by atoms with E-state index in [1.807, 2.05) is 0 Å². The molecule has 1 saturated heterocycles. The zero-order valence-electron chi connectivity index (χ0n) is 14.9. The highest BCUT2D eigenvalue weighted by Gasteiger charge is 2.31. The fraction of sp³-hybridized carbons (Fsp3) is 0.300. The SMILES string of the molecule is O=C(O)c1ccccc1C1CCN(C(=O)Nc2cccc(C(F)(F)F)c2)CC1. The van der Waals surface area contributed by atoms with E-state index in [1.54, 1.807) is 24.3 Å². The van der Waals surface area contributed by atoms with Crippen molar-refractivity contribution in [1.82, 2.24) is 4.90 Å². The third-order valence-corrected chi connectivity index (χ3v) is 4.85. The smallest absolute Gasteiger partial charge is 0.416 e. The molecule has 2 aromatic rings. The van der Waals surface area contributed by atoms with Crippen LogP contribution < -0.4 is 5.32 Å². The molecule has 2 amide bonds. The van der Waals surface area contributed by atoms with E-state index in [2.05, 4.69) is 5.32 Å². The first-order chi connectivity index (χ1) is 13.3. The average molecular weight is 392 g/mol. The van der Waals surface area contributed by atoms with Crippen LogP contribution in [0.1, 0.15) is 40.2 Å². The summed E-state index contributed by atoms with van der Waals surface area (Å²) in [7, 11) is 0. The summed E-state index contributed by atoms with van der Waals surface area (Å²) in [5, 5.41) is 11.8. The molecule has 148 valence electrons. The molecule has 1 aliphatic rings. The van der Waals surface area contributed by atoms with Crippen LogP contribution in [0.5, 0.6) is 0 Å². The number of urea groups is 1. The number of alkyl halides is 3. The zero-order valence-corrected chi connectivity index (χ0v) is 14.9. The van der Waals surface area contributed by atoms with Gasteiger partial charge in [0.15, 0.2) is 0 Å². The molecule has 0 spiro atoms. The third kappa shape index (κ3) is 4.44. The summed E-state index contributed by atoms with van der Waals surface area (Å²) in [6.07, 6.45) is -3.31. The first-order valence-electron chi connectivity index (χ1n) is 8.81. The monoisotopic (exact) mass is 392 g/mol. The number of piperidine rings is 1. The summed E-state index contributed by atoms with van der Waals surface area (Å²) in [6.45, 7) is 0.785. The number of carboxylic acid groups (broad SMARTS) is 1. The van der Waals surface area contributed by atoms with Gasteiger partial charge in [-0.1, -0.05) is 24.3 Å². The van der Waals surface area contributed by atoms with Gasteiger partial charge in [-0.3, -0.25) is 0 Å².